The number of hydrogen-bond donors (Lipinski definition) is 1. The number of aromatic nitrogens is 2. The second-order valence-electron chi connectivity index (χ2n) is 6.09. The molecule has 22 heavy (non-hydrogen) atoms. The Morgan fingerprint density at radius 3 is 3.00 bits per heavy atom. The van der Waals surface area contributed by atoms with Crippen LogP contribution >= 0.6 is 0 Å². The van der Waals surface area contributed by atoms with Crippen molar-refractivity contribution in [3.63, 3.8) is 0 Å². The van der Waals surface area contributed by atoms with E-state index in [-0.39, 0.29) is 6.61 Å². The molecule has 1 atom stereocenters. The standard InChI is InChI=1S/C16H22N4O2/c21-8-7-18-11-19(10-13-4-3-9-22-13)16-17-14-5-1-2-6-15(14)20(16)12-18/h1-2,5-6,13,21H,3-4,7-12H2/t13-/m1/s1. The molecule has 1 saturated heterocycles. The predicted octanol–water partition coefficient (Wildman–Crippen LogP) is 1.24. The second-order valence-corrected chi connectivity index (χ2v) is 6.09. The van der Waals surface area contributed by atoms with Gasteiger partial charge in [0.05, 0.1) is 37.1 Å². The zero-order valence-electron chi connectivity index (χ0n) is 12.7. The minimum atomic E-state index is 0.176. The fourth-order valence-corrected chi connectivity index (χ4v) is 3.45. The van der Waals surface area contributed by atoms with Crippen molar-refractivity contribution >= 4 is 17.0 Å². The van der Waals surface area contributed by atoms with Crippen LogP contribution in [0.1, 0.15) is 12.8 Å². The smallest absolute Gasteiger partial charge is 0.208 e. The molecule has 2 aliphatic heterocycles. The Labute approximate surface area is 129 Å². The monoisotopic (exact) mass is 302 g/mol. The molecule has 2 aromatic rings. The van der Waals surface area contributed by atoms with Gasteiger partial charge in [0.1, 0.15) is 0 Å². The van der Waals surface area contributed by atoms with Crippen molar-refractivity contribution in [2.24, 2.45) is 0 Å². The number of ether oxygens (including phenoxy) is 1. The number of fused-ring (bicyclic) bond motifs is 3. The quantitative estimate of drug-likeness (QED) is 0.921. The Balaban J connectivity index is 1.68. The largest absolute Gasteiger partial charge is 0.395 e. The third-order valence-corrected chi connectivity index (χ3v) is 4.49. The van der Waals surface area contributed by atoms with E-state index in [0.717, 1.165) is 56.3 Å². The average Bonchev–Trinajstić information content (AvgIpc) is 3.15. The highest BCUT2D eigenvalue weighted by molar-refractivity contribution is 5.79. The maximum absolute atomic E-state index is 9.29. The summed E-state index contributed by atoms with van der Waals surface area (Å²) < 4.78 is 8.03. The van der Waals surface area contributed by atoms with E-state index in [4.69, 9.17) is 9.72 Å². The zero-order valence-corrected chi connectivity index (χ0v) is 12.7. The maximum Gasteiger partial charge on any atom is 0.208 e. The van der Waals surface area contributed by atoms with E-state index in [9.17, 15) is 5.11 Å². The summed E-state index contributed by atoms with van der Waals surface area (Å²) in [5, 5.41) is 9.29. The first-order chi connectivity index (χ1) is 10.8. The molecule has 1 aromatic carbocycles. The fourth-order valence-electron chi connectivity index (χ4n) is 3.45. The van der Waals surface area contributed by atoms with E-state index >= 15 is 0 Å². The lowest BCUT2D eigenvalue weighted by Crippen LogP contribution is -2.48. The van der Waals surface area contributed by atoms with Crippen LogP contribution in [0.4, 0.5) is 5.95 Å². The maximum atomic E-state index is 9.29. The average molecular weight is 302 g/mol. The second kappa shape index (κ2) is 5.87. The molecule has 1 N–H and O–H groups in total. The van der Waals surface area contributed by atoms with E-state index in [0.29, 0.717) is 12.6 Å². The number of hydrogen-bond acceptors (Lipinski definition) is 5. The molecule has 1 aromatic heterocycles. The van der Waals surface area contributed by atoms with Gasteiger partial charge >= 0.3 is 0 Å². The van der Waals surface area contributed by atoms with Crippen LogP contribution in [0, 0.1) is 0 Å². The molecular formula is C16H22N4O2. The minimum absolute atomic E-state index is 0.176. The van der Waals surface area contributed by atoms with Crippen LogP contribution in [-0.4, -0.2) is 58.6 Å². The van der Waals surface area contributed by atoms with Crippen LogP contribution < -0.4 is 4.90 Å². The van der Waals surface area contributed by atoms with Gasteiger partial charge in [-0.15, -0.1) is 0 Å². The zero-order chi connectivity index (χ0) is 14.9. The van der Waals surface area contributed by atoms with Gasteiger partial charge in [0.25, 0.3) is 0 Å². The van der Waals surface area contributed by atoms with Gasteiger partial charge in [0.2, 0.25) is 5.95 Å². The SMILES string of the molecule is OCCN1CN(C[C@H]2CCCO2)c2nc3ccccc3n2C1. The van der Waals surface area contributed by atoms with E-state index in [2.05, 4.69) is 26.5 Å². The molecule has 0 saturated carbocycles. The van der Waals surface area contributed by atoms with E-state index in [1.165, 1.54) is 0 Å². The molecule has 0 spiro atoms. The molecule has 0 amide bonds. The summed E-state index contributed by atoms with van der Waals surface area (Å²) in [5.74, 6) is 1.02. The lowest BCUT2D eigenvalue weighted by Gasteiger charge is -2.37. The third kappa shape index (κ3) is 2.47. The molecule has 0 bridgehead atoms. The van der Waals surface area contributed by atoms with E-state index < -0.39 is 0 Å². The Morgan fingerprint density at radius 2 is 2.18 bits per heavy atom. The Hall–Kier alpha value is -1.63. The molecule has 2 aliphatic rings. The van der Waals surface area contributed by atoms with Crippen LogP contribution in [0.15, 0.2) is 24.3 Å². The summed E-state index contributed by atoms with van der Waals surface area (Å²) in [5.41, 5.74) is 2.18. The van der Waals surface area contributed by atoms with Crippen molar-refractivity contribution in [1.29, 1.82) is 0 Å². The summed E-state index contributed by atoms with van der Waals surface area (Å²) in [7, 11) is 0. The first-order valence-corrected chi connectivity index (χ1v) is 8.00. The fraction of sp³-hybridized carbons (Fsp3) is 0.562. The van der Waals surface area contributed by atoms with Gasteiger partial charge in [0, 0.05) is 19.7 Å². The molecule has 4 rings (SSSR count). The number of aliphatic hydroxyl groups excluding tert-OH is 1. The predicted molar refractivity (Wildman–Crippen MR) is 84.7 cm³/mol. The van der Waals surface area contributed by atoms with Gasteiger partial charge in [-0.05, 0) is 25.0 Å². The third-order valence-electron chi connectivity index (χ3n) is 4.49. The molecule has 0 aliphatic carbocycles. The van der Waals surface area contributed by atoms with Crippen molar-refractivity contribution in [2.75, 3.05) is 37.9 Å². The molecule has 1 fully saturated rings. The van der Waals surface area contributed by atoms with Gasteiger partial charge in [-0.1, -0.05) is 12.1 Å². The van der Waals surface area contributed by atoms with E-state index in [1.807, 2.05) is 12.1 Å². The number of anilines is 1. The van der Waals surface area contributed by atoms with Crippen molar-refractivity contribution in [1.82, 2.24) is 14.5 Å². The van der Waals surface area contributed by atoms with Crippen LogP contribution in [0.25, 0.3) is 11.0 Å². The molecule has 6 nitrogen and oxygen atoms in total. The van der Waals surface area contributed by atoms with Crippen molar-refractivity contribution in [2.45, 2.75) is 25.6 Å². The summed E-state index contributed by atoms with van der Waals surface area (Å²) in [6, 6.07) is 8.24. The number of β-amino-alcohol motifs (C(OH)–C–C–N with tert-alkyl or cyclic N) is 1. The van der Waals surface area contributed by atoms with Crippen molar-refractivity contribution in [3.05, 3.63) is 24.3 Å². The first kappa shape index (κ1) is 14.0. The highest BCUT2D eigenvalue weighted by atomic mass is 16.5. The van der Waals surface area contributed by atoms with E-state index in [1.54, 1.807) is 0 Å². The van der Waals surface area contributed by atoms with Gasteiger partial charge in [-0.2, -0.15) is 0 Å². The summed E-state index contributed by atoms with van der Waals surface area (Å²) in [4.78, 5) is 9.35. The summed E-state index contributed by atoms with van der Waals surface area (Å²) in [6.07, 6.45) is 2.56. The number of nitrogens with zero attached hydrogens (tertiary/aromatic N) is 4. The molecule has 0 radical (unpaired) electrons. The van der Waals surface area contributed by atoms with Gasteiger partial charge in [0.15, 0.2) is 0 Å². The lowest BCUT2D eigenvalue weighted by molar-refractivity contribution is 0.103. The molecule has 118 valence electrons. The van der Waals surface area contributed by atoms with Crippen molar-refractivity contribution < 1.29 is 9.84 Å². The number of imidazole rings is 1. The number of para-hydroxylation sites is 2. The van der Waals surface area contributed by atoms with Crippen LogP contribution in [-0.2, 0) is 11.4 Å². The molecular weight excluding hydrogens is 280 g/mol. The minimum Gasteiger partial charge on any atom is -0.395 e. The molecule has 3 heterocycles. The van der Waals surface area contributed by atoms with Gasteiger partial charge < -0.3 is 14.7 Å². The van der Waals surface area contributed by atoms with Crippen molar-refractivity contribution in [3.8, 4) is 0 Å². The Morgan fingerprint density at radius 1 is 1.27 bits per heavy atom. The Bertz CT molecular complexity index is 651. The number of rotatable bonds is 4. The number of aliphatic hydroxyl groups is 1. The number of benzene rings is 1. The highest BCUT2D eigenvalue weighted by Crippen LogP contribution is 2.28. The summed E-state index contributed by atoms with van der Waals surface area (Å²) >= 11 is 0. The molecule has 6 heteroatoms. The van der Waals surface area contributed by atoms with Crippen LogP contribution in [0.3, 0.4) is 0 Å². The highest BCUT2D eigenvalue weighted by Gasteiger charge is 2.28. The lowest BCUT2D eigenvalue weighted by atomic mass is 10.2. The molecule has 0 unspecified atom stereocenters. The van der Waals surface area contributed by atoms with Gasteiger partial charge in [-0.25, -0.2) is 4.98 Å². The first-order valence-electron chi connectivity index (χ1n) is 8.00. The normalized spacial score (nSPS) is 22.4. The summed E-state index contributed by atoms with van der Waals surface area (Å²) in [6.45, 7) is 4.16. The topological polar surface area (TPSA) is 53.8 Å². The van der Waals surface area contributed by atoms with Crippen LogP contribution in [0.5, 0.6) is 0 Å². The Kier molecular flexibility index (Phi) is 3.73. The van der Waals surface area contributed by atoms with Crippen LogP contribution in [0.2, 0.25) is 0 Å². The van der Waals surface area contributed by atoms with Gasteiger partial charge in [-0.3, -0.25) is 9.47 Å².